The number of carbonyl (C=O) groups is 2. The van der Waals surface area contributed by atoms with Crippen LogP contribution in [0.5, 0.6) is 5.75 Å². The molecule has 0 spiro atoms. The van der Waals surface area contributed by atoms with Gasteiger partial charge in [-0.05, 0) is 35.6 Å². The average molecular weight is 472 g/mol. The number of hydrogen-bond donors (Lipinski definition) is 2. The molecule has 1 saturated heterocycles. The number of amides is 1. The van der Waals surface area contributed by atoms with Gasteiger partial charge in [0.05, 0.1) is 42.9 Å². The molecule has 0 saturated carbocycles. The van der Waals surface area contributed by atoms with Crippen LogP contribution in [0, 0.1) is 0 Å². The minimum atomic E-state index is -0.619. The first-order valence-corrected chi connectivity index (χ1v) is 12.4. The van der Waals surface area contributed by atoms with Crippen molar-refractivity contribution in [2.45, 2.75) is 25.8 Å². The Bertz CT molecular complexity index is 981. The Morgan fingerprint density at radius 2 is 2.00 bits per heavy atom. The van der Waals surface area contributed by atoms with Crippen LogP contribution in [0.3, 0.4) is 0 Å². The van der Waals surface area contributed by atoms with Crippen molar-refractivity contribution in [2.75, 3.05) is 46.0 Å². The van der Waals surface area contributed by atoms with Gasteiger partial charge in [0.25, 0.3) is 5.91 Å². The van der Waals surface area contributed by atoms with Crippen molar-refractivity contribution in [3.8, 4) is 5.75 Å². The predicted molar refractivity (Wildman–Crippen MR) is 126 cm³/mol. The highest BCUT2D eigenvalue weighted by Crippen LogP contribution is 2.40. The number of thiophene rings is 1. The SMILES string of the molecule is CCCOc1ccc([C@H]2C(C(=O)c3cccs3)=C(O)C(=O)N2CCC[NH+]2CCOCC2)cc1. The van der Waals surface area contributed by atoms with Gasteiger partial charge < -0.3 is 24.4 Å². The smallest absolute Gasteiger partial charge is 0.290 e. The summed E-state index contributed by atoms with van der Waals surface area (Å²) in [7, 11) is 0. The number of hydrogen-bond acceptors (Lipinski definition) is 6. The molecule has 1 aromatic carbocycles. The lowest BCUT2D eigenvalue weighted by molar-refractivity contribution is -0.908. The fourth-order valence-electron chi connectivity index (χ4n) is 4.38. The van der Waals surface area contributed by atoms with Gasteiger partial charge in [-0.1, -0.05) is 25.1 Å². The lowest BCUT2D eigenvalue weighted by atomic mass is 9.95. The third-order valence-electron chi connectivity index (χ3n) is 6.09. The molecule has 1 atom stereocenters. The van der Waals surface area contributed by atoms with Crippen LogP contribution in [-0.4, -0.2) is 67.7 Å². The van der Waals surface area contributed by atoms with Gasteiger partial charge in [-0.3, -0.25) is 9.59 Å². The van der Waals surface area contributed by atoms with Crippen molar-refractivity contribution in [3.05, 3.63) is 63.6 Å². The highest BCUT2D eigenvalue weighted by atomic mass is 32.1. The van der Waals surface area contributed by atoms with E-state index in [1.807, 2.05) is 36.6 Å². The molecule has 8 heteroatoms. The highest BCUT2D eigenvalue weighted by Gasteiger charge is 2.43. The lowest BCUT2D eigenvalue weighted by Crippen LogP contribution is -3.14. The van der Waals surface area contributed by atoms with Crippen LogP contribution in [0.2, 0.25) is 0 Å². The van der Waals surface area contributed by atoms with Crippen LogP contribution in [0.1, 0.15) is 41.0 Å². The van der Waals surface area contributed by atoms with Gasteiger partial charge in [0.2, 0.25) is 5.78 Å². The number of aliphatic hydroxyl groups is 1. The first-order chi connectivity index (χ1) is 16.1. The molecule has 3 heterocycles. The van der Waals surface area contributed by atoms with Gasteiger partial charge in [-0.25, -0.2) is 0 Å². The van der Waals surface area contributed by atoms with Gasteiger partial charge in [0.15, 0.2) is 5.76 Å². The van der Waals surface area contributed by atoms with Gasteiger partial charge >= 0.3 is 0 Å². The summed E-state index contributed by atoms with van der Waals surface area (Å²) in [5.41, 5.74) is 0.943. The zero-order chi connectivity index (χ0) is 23.2. The van der Waals surface area contributed by atoms with Crippen LogP contribution < -0.4 is 9.64 Å². The second-order valence-electron chi connectivity index (χ2n) is 8.35. The Labute approximate surface area is 198 Å². The molecule has 1 aromatic heterocycles. The standard InChI is InChI=1S/C25H30N2O5S/c1-2-14-32-19-8-6-18(7-9-19)22-21(23(28)20-5-3-17-33-20)24(29)25(30)27(22)11-4-10-26-12-15-31-16-13-26/h3,5-9,17,22,29H,2,4,10-16H2,1H3/p+1/t22-/m0/s1. The van der Waals surface area contributed by atoms with E-state index in [-0.39, 0.29) is 11.4 Å². The fraction of sp³-hybridized carbons (Fsp3) is 0.440. The number of ether oxygens (including phenoxy) is 2. The molecule has 1 amide bonds. The van der Waals surface area contributed by atoms with E-state index >= 15 is 0 Å². The number of quaternary nitrogens is 1. The molecule has 2 N–H and O–H groups in total. The topological polar surface area (TPSA) is 80.5 Å². The van der Waals surface area contributed by atoms with Crippen LogP contribution in [-0.2, 0) is 9.53 Å². The van der Waals surface area contributed by atoms with Crippen LogP contribution in [0.4, 0.5) is 0 Å². The third-order valence-corrected chi connectivity index (χ3v) is 6.96. The molecule has 7 nitrogen and oxygen atoms in total. The van der Waals surface area contributed by atoms with E-state index < -0.39 is 17.7 Å². The van der Waals surface area contributed by atoms with Gasteiger partial charge in [-0.15, -0.1) is 11.3 Å². The molecule has 33 heavy (non-hydrogen) atoms. The Balaban J connectivity index is 1.58. The van der Waals surface area contributed by atoms with E-state index in [4.69, 9.17) is 9.47 Å². The zero-order valence-corrected chi connectivity index (χ0v) is 19.7. The summed E-state index contributed by atoms with van der Waals surface area (Å²) >= 11 is 1.31. The monoisotopic (exact) mass is 471 g/mol. The Morgan fingerprint density at radius 3 is 2.67 bits per heavy atom. The minimum Gasteiger partial charge on any atom is -0.503 e. The molecular formula is C25H31N2O5S+. The van der Waals surface area contributed by atoms with Gasteiger partial charge in [0, 0.05) is 13.0 Å². The number of Topliss-reactive ketones (excluding diaryl/α,β-unsaturated/α-hetero) is 1. The first kappa shape index (κ1) is 23.5. The third kappa shape index (κ3) is 5.29. The number of aliphatic hydroxyl groups excluding tert-OH is 1. The molecular weight excluding hydrogens is 440 g/mol. The van der Waals surface area contributed by atoms with Crippen molar-refractivity contribution in [3.63, 3.8) is 0 Å². The number of morpholine rings is 1. The zero-order valence-electron chi connectivity index (χ0n) is 18.9. The van der Waals surface area contributed by atoms with Crippen LogP contribution in [0.25, 0.3) is 0 Å². The van der Waals surface area contributed by atoms with E-state index in [1.165, 1.54) is 16.2 Å². The number of nitrogens with zero attached hydrogens (tertiary/aromatic N) is 1. The van der Waals surface area contributed by atoms with E-state index in [9.17, 15) is 14.7 Å². The fourth-order valence-corrected chi connectivity index (χ4v) is 5.06. The number of benzene rings is 1. The maximum Gasteiger partial charge on any atom is 0.290 e. The predicted octanol–water partition coefficient (Wildman–Crippen LogP) is 2.42. The molecule has 0 aliphatic carbocycles. The summed E-state index contributed by atoms with van der Waals surface area (Å²) in [4.78, 5) is 30.0. The van der Waals surface area contributed by atoms with E-state index in [1.54, 1.807) is 17.0 Å². The molecule has 0 bridgehead atoms. The van der Waals surface area contributed by atoms with Crippen molar-refractivity contribution in [2.24, 2.45) is 0 Å². The summed E-state index contributed by atoms with van der Waals surface area (Å²) in [6, 6.07) is 10.4. The largest absolute Gasteiger partial charge is 0.503 e. The van der Waals surface area contributed by atoms with E-state index in [0.717, 1.165) is 57.0 Å². The highest BCUT2D eigenvalue weighted by molar-refractivity contribution is 7.12. The number of ketones is 1. The molecule has 2 aromatic rings. The summed E-state index contributed by atoms with van der Waals surface area (Å²) in [6.07, 6.45) is 1.69. The first-order valence-electron chi connectivity index (χ1n) is 11.6. The normalized spacial score (nSPS) is 19.4. The van der Waals surface area contributed by atoms with Crippen molar-refractivity contribution < 1.29 is 29.1 Å². The average Bonchev–Trinajstić information content (AvgIpc) is 3.47. The Kier molecular flexibility index (Phi) is 7.80. The second-order valence-corrected chi connectivity index (χ2v) is 9.30. The molecule has 4 rings (SSSR count). The number of rotatable bonds is 10. The summed E-state index contributed by atoms with van der Waals surface area (Å²) in [5, 5.41) is 12.6. The molecule has 0 unspecified atom stereocenters. The van der Waals surface area contributed by atoms with Crippen molar-refractivity contribution >= 4 is 23.0 Å². The van der Waals surface area contributed by atoms with Crippen molar-refractivity contribution in [1.29, 1.82) is 0 Å². The van der Waals surface area contributed by atoms with Crippen molar-refractivity contribution in [1.82, 2.24) is 4.90 Å². The summed E-state index contributed by atoms with van der Waals surface area (Å²) in [6.45, 7) is 7.49. The summed E-state index contributed by atoms with van der Waals surface area (Å²) < 4.78 is 11.1. The van der Waals surface area contributed by atoms with E-state index in [0.29, 0.717) is 18.0 Å². The molecule has 0 radical (unpaired) electrons. The maximum absolute atomic E-state index is 13.3. The van der Waals surface area contributed by atoms with Crippen LogP contribution >= 0.6 is 11.3 Å². The Hall–Kier alpha value is -2.68. The maximum atomic E-state index is 13.3. The minimum absolute atomic E-state index is 0.156. The van der Waals surface area contributed by atoms with Gasteiger partial charge in [-0.2, -0.15) is 0 Å². The quantitative estimate of drug-likeness (QED) is 0.521. The van der Waals surface area contributed by atoms with Crippen LogP contribution in [0.15, 0.2) is 53.1 Å². The molecule has 1 fully saturated rings. The molecule has 2 aliphatic rings. The number of carbonyl (C=O) groups excluding carboxylic acids is 2. The Morgan fingerprint density at radius 1 is 1.24 bits per heavy atom. The molecule has 2 aliphatic heterocycles. The molecule has 176 valence electrons. The lowest BCUT2D eigenvalue weighted by Gasteiger charge is -2.28. The second kappa shape index (κ2) is 11.0. The van der Waals surface area contributed by atoms with E-state index in [2.05, 4.69) is 0 Å². The summed E-state index contributed by atoms with van der Waals surface area (Å²) in [5.74, 6) is -0.480. The number of nitrogens with one attached hydrogen (secondary N) is 1. The van der Waals surface area contributed by atoms with Gasteiger partial charge in [0.1, 0.15) is 18.8 Å².